The van der Waals surface area contributed by atoms with E-state index in [4.69, 9.17) is 22.1 Å². The zero-order valence-electron chi connectivity index (χ0n) is 10.5. The molecule has 0 bridgehead atoms. The highest BCUT2D eigenvalue weighted by molar-refractivity contribution is 6.30. The summed E-state index contributed by atoms with van der Waals surface area (Å²) in [7, 11) is 0. The molecular weight excluding hydrogens is 262 g/mol. The van der Waals surface area contributed by atoms with Crippen molar-refractivity contribution in [2.75, 3.05) is 6.54 Å². The molecule has 0 aliphatic rings. The molecular formula is C15H16ClNO2. The van der Waals surface area contributed by atoms with Crippen LogP contribution in [-0.2, 0) is 13.0 Å². The summed E-state index contributed by atoms with van der Waals surface area (Å²) in [5, 5.41) is 9.90. The Morgan fingerprint density at radius 2 is 1.84 bits per heavy atom. The first kappa shape index (κ1) is 13.7. The average molecular weight is 278 g/mol. The Labute approximate surface area is 117 Å². The Balaban J connectivity index is 2.08. The van der Waals surface area contributed by atoms with Crippen LogP contribution in [-0.4, -0.2) is 11.7 Å². The average Bonchev–Trinajstić information content (AvgIpc) is 2.40. The number of ether oxygens (including phenoxy) is 1. The molecule has 2 aromatic carbocycles. The molecule has 2 rings (SSSR count). The number of rotatable bonds is 5. The summed E-state index contributed by atoms with van der Waals surface area (Å²) in [6, 6.07) is 12.5. The van der Waals surface area contributed by atoms with Crippen molar-refractivity contribution in [3.05, 3.63) is 58.6 Å². The van der Waals surface area contributed by atoms with E-state index in [0.29, 0.717) is 18.2 Å². The number of phenolic OH excluding ortho intramolecular Hbond substituents is 1. The van der Waals surface area contributed by atoms with Crippen molar-refractivity contribution in [2.45, 2.75) is 13.0 Å². The van der Waals surface area contributed by atoms with Gasteiger partial charge in [0.15, 0.2) is 0 Å². The van der Waals surface area contributed by atoms with Crippen molar-refractivity contribution >= 4 is 11.6 Å². The molecule has 0 aliphatic heterocycles. The standard InChI is InChI=1S/C15H16ClNO2/c16-13-3-6-15(12(9-13)7-8-17)19-10-11-1-4-14(18)5-2-11/h1-6,9,18H,7-8,10,17H2. The van der Waals surface area contributed by atoms with Crippen LogP contribution >= 0.6 is 11.6 Å². The molecule has 0 heterocycles. The van der Waals surface area contributed by atoms with E-state index in [2.05, 4.69) is 0 Å². The highest BCUT2D eigenvalue weighted by Gasteiger charge is 2.05. The van der Waals surface area contributed by atoms with Gasteiger partial charge in [-0.05, 0) is 54.4 Å². The lowest BCUT2D eigenvalue weighted by molar-refractivity contribution is 0.303. The summed E-state index contributed by atoms with van der Waals surface area (Å²) < 4.78 is 5.77. The van der Waals surface area contributed by atoms with E-state index in [-0.39, 0.29) is 5.75 Å². The van der Waals surface area contributed by atoms with E-state index in [1.54, 1.807) is 18.2 Å². The molecule has 0 aromatic heterocycles. The van der Waals surface area contributed by atoms with Crippen molar-refractivity contribution in [1.29, 1.82) is 0 Å². The SMILES string of the molecule is NCCc1cc(Cl)ccc1OCc1ccc(O)cc1. The number of aromatic hydroxyl groups is 1. The monoisotopic (exact) mass is 277 g/mol. The normalized spacial score (nSPS) is 10.4. The third-order valence-corrected chi connectivity index (χ3v) is 3.00. The van der Waals surface area contributed by atoms with Gasteiger partial charge in [-0.1, -0.05) is 23.7 Å². The van der Waals surface area contributed by atoms with Crippen molar-refractivity contribution in [2.24, 2.45) is 5.73 Å². The van der Waals surface area contributed by atoms with E-state index in [1.165, 1.54) is 0 Å². The molecule has 3 nitrogen and oxygen atoms in total. The number of halogens is 1. The molecule has 0 atom stereocenters. The molecule has 0 unspecified atom stereocenters. The Kier molecular flexibility index (Phi) is 4.66. The fourth-order valence-corrected chi connectivity index (χ4v) is 1.99. The molecule has 3 N–H and O–H groups in total. The number of phenols is 1. The molecule has 0 saturated heterocycles. The van der Waals surface area contributed by atoms with Crippen LogP contribution in [0.2, 0.25) is 5.02 Å². The molecule has 0 aliphatic carbocycles. The van der Waals surface area contributed by atoms with Crippen molar-refractivity contribution in [3.63, 3.8) is 0 Å². The van der Waals surface area contributed by atoms with Gasteiger partial charge in [0.05, 0.1) is 0 Å². The quantitative estimate of drug-likeness (QED) is 0.883. The van der Waals surface area contributed by atoms with Crippen LogP contribution in [0.4, 0.5) is 0 Å². The van der Waals surface area contributed by atoms with Gasteiger partial charge in [0, 0.05) is 5.02 Å². The lowest BCUT2D eigenvalue weighted by Crippen LogP contribution is -2.05. The highest BCUT2D eigenvalue weighted by atomic mass is 35.5. The third-order valence-electron chi connectivity index (χ3n) is 2.77. The van der Waals surface area contributed by atoms with E-state index in [0.717, 1.165) is 23.3 Å². The smallest absolute Gasteiger partial charge is 0.123 e. The van der Waals surface area contributed by atoms with Gasteiger partial charge >= 0.3 is 0 Å². The molecule has 100 valence electrons. The van der Waals surface area contributed by atoms with E-state index >= 15 is 0 Å². The Morgan fingerprint density at radius 1 is 1.11 bits per heavy atom. The number of benzene rings is 2. The number of nitrogens with two attached hydrogens (primary N) is 1. The second-order valence-corrected chi connectivity index (χ2v) is 4.68. The van der Waals surface area contributed by atoms with Gasteiger partial charge in [-0.3, -0.25) is 0 Å². The van der Waals surface area contributed by atoms with Crippen molar-refractivity contribution in [3.8, 4) is 11.5 Å². The summed E-state index contributed by atoms with van der Waals surface area (Å²) >= 11 is 5.96. The second-order valence-electron chi connectivity index (χ2n) is 4.25. The fourth-order valence-electron chi connectivity index (χ4n) is 1.79. The first-order valence-electron chi connectivity index (χ1n) is 6.08. The summed E-state index contributed by atoms with van der Waals surface area (Å²) in [6.07, 6.45) is 0.728. The van der Waals surface area contributed by atoms with Crippen LogP contribution in [0, 0.1) is 0 Å². The maximum atomic E-state index is 9.22. The number of hydrogen-bond acceptors (Lipinski definition) is 3. The lowest BCUT2D eigenvalue weighted by atomic mass is 10.1. The number of hydrogen-bond donors (Lipinski definition) is 2. The maximum absolute atomic E-state index is 9.22. The van der Waals surface area contributed by atoms with Crippen LogP contribution in [0.25, 0.3) is 0 Å². The maximum Gasteiger partial charge on any atom is 0.123 e. The molecule has 19 heavy (non-hydrogen) atoms. The molecule has 0 saturated carbocycles. The van der Waals surface area contributed by atoms with Crippen molar-refractivity contribution < 1.29 is 9.84 Å². The minimum atomic E-state index is 0.249. The van der Waals surface area contributed by atoms with Crippen LogP contribution in [0.3, 0.4) is 0 Å². The third kappa shape index (κ3) is 3.88. The van der Waals surface area contributed by atoms with Crippen LogP contribution in [0.15, 0.2) is 42.5 Å². The molecule has 0 amide bonds. The predicted octanol–water partition coefficient (Wildman–Crippen LogP) is 3.13. The molecule has 0 radical (unpaired) electrons. The van der Waals surface area contributed by atoms with Gasteiger partial charge in [-0.25, -0.2) is 0 Å². The van der Waals surface area contributed by atoms with Gasteiger partial charge in [-0.15, -0.1) is 0 Å². The zero-order chi connectivity index (χ0) is 13.7. The topological polar surface area (TPSA) is 55.5 Å². The Morgan fingerprint density at radius 3 is 2.53 bits per heavy atom. The van der Waals surface area contributed by atoms with Crippen LogP contribution < -0.4 is 10.5 Å². The van der Waals surface area contributed by atoms with E-state index < -0.39 is 0 Å². The summed E-state index contributed by atoms with van der Waals surface area (Å²) in [6.45, 7) is 0.995. The minimum Gasteiger partial charge on any atom is -0.508 e. The van der Waals surface area contributed by atoms with Gasteiger partial charge in [0.25, 0.3) is 0 Å². The first-order chi connectivity index (χ1) is 9.19. The van der Waals surface area contributed by atoms with Crippen LogP contribution in [0.1, 0.15) is 11.1 Å². The fraction of sp³-hybridized carbons (Fsp3) is 0.200. The summed E-state index contributed by atoms with van der Waals surface area (Å²) in [4.78, 5) is 0. The Bertz CT molecular complexity index is 540. The highest BCUT2D eigenvalue weighted by Crippen LogP contribution is 2.24. The molecule has 4 heteroatoms. The van der Waals surface area contributed by atoms with Gasteiger partial charge in [0.1, 0.15) is 18.1 Å². The van der Waals surface area contributed by atoms with Gasteiger partial charge < -0.3 is 15.6 Å². The first-order valence-corrected chi connectivity index (χ1v) is 6.46. The lowest BCUT2D eigenvalue weighted by Gasteiger charge is -2.11. The van der Waals surface area contributed by atoms with Crippen LogP contribution in [0.5, 0.6) is 11.5 Å². The van der Waals surface area contributed by atoms with E-state index in [9.17, 15) is 5.11 Å². The van der Waals surface area contributed by atoms with Crippen molar-refractivity contribution in [1.82, 2.24) is 0 Å². The molecule has 0 fully saturated rings. The zero-order valence-corrected chi connectivity index (χ0v) is 11.2. The predicted molar refractivity (Wildman–Crippen MR) is 76.6 cm³/mol. The molecule has 2 aromatic rings. The van der Waals surface area contributed by atoms with Gasteiger partial charge in [-0.2, -0.15) is 0 Å². The van der Waals surface area contributed by atoms with Gasteiger partial charge in [0.2, 0.25) is 0 Å². The second kappa shape index (κ2) is 6.45. The van der Waals surface area contributed by atoms with E-state index in [1.807, 2.05) is 24.3 Å². The summed E-state index contributed by atoms with van der Waals surface area (Å²) in [5.74, 6) is 1.04. The minimum absolute atomic E-state index is 0.249. The Hall–Kier alpha value is -1.71. The molecule has 0 spiro atoms. The summed E-state index contributed by atoms with van der Waals surface area (Å²) in [5.41, 5.74) is 7.58. The largest absolute Gasteiger partial charge is 0.508 e.